The van der Waals surface area contributed by atoms with E-state index in [1.807, 2.05) is 66.5 Å². The number of hydrogen-bond donors (Lipinski definition) is 2. The highest BCUT2D eigenvalue weighted by Gasteiger charge is 2.34. The fourth-order valence-corrected chi connectivity index (χ4v) is 6.24. The summed E-state index contributed by atoms with van der Waals surface area (Å²) in [5.74, 6) is -0.116. The van der Waals surface area contributed by atoms with E-state index in [-0.39, 0.29) is 24.0 Å². The molecule has 3 aliphatic heterocycles. The van der Waals surface area contributed by atoms with Crippen molar-refractivity contribution in [1.82, 2.24) is 14.7 Å². The van der Waals surface area contributed by atoms with Crippen LogP contribution in [0.4, 0.5) is 5.69 Å². The number of aliphatic hydroxyl groups excluding tert-OH is 1. The molecular formula is C36H46N4O6. The molecule has 0 radical (unpaired) electrons. The number of carbonyl (C=O) groups excluding carboxylic acids is 2. The Bertz CT molecular complexity index is 1400. The van der Waals surface area contributed by atoms with Gasteiger partial charge in [0.25, 0.3) is 5.91 Å². The van der Waals surface area contributed by atoms with Gasteiger partial charge in [0.2, 0.25) is 0 Å². The Balaban J connectivity index is 0.000000184. The minimum atomic E-state index is -0.695. The van der Waals surface area contributed by atoms with Gasteiger partial charge >= 0.3 is 0 Å². The zero-order valence-electron chi connectivity index (χ0n) is 26.7. The van der Waals surface area contributed by atoms with Crippen molar-refractivity contribution >= 4 is 17.4 Å². The number of carbonyl (C=O) groups is 2. The third-order valence-corrected chi connectivity index (χ3v) is 8.76. The van der Waals surface area contributed by atoms with Gasteiger partial charge in [-0.2, -0.15) is 0 Å². The van der Waals surface area contributed by atoms with Crippen LogP contribution in [0.5, 0.6) is 5.75 Å². The van der Waals surface area contributed by atoms with Gasteiger partial charge in [-0.05, 0) is 43.3 Å². The lowest BCUT2D eigenvalue weighted by atomic mass is 10.00. The lowest BCUT2D eigenvalue weighted by Gasteiger charge is -2.42. The van der Waals surface area contributed by atoms with E-state index in [0.717, 1.165) is 57.1 Å². The summed E-state index contributed by atoms with van der Waals surface area (Å²) in [7, 11) is 1.91. The molecule has 3 aliphatic rings. The lowest BCUT2D eigenvalue weighted by molar-refractivity contribution is -0.0572. The van der Waals surface area contributed by atoms with Crippen LogP contribution in [-0.2, 0) is 16.0 Å². The van der Waals surface area contributed by atoms with Gasteiger partial charge in [-0.3, -0.25) is 19.4 Å². The van der Waals surface area contributed by atoms with E-state index in [0.29, 0.717) is 49.9 Å². The van der Waals surface area contributed by atoms with Crippen molar-refractivity contribution < 1.29 is 29.3 Å². The summed E-state index contributed by atoms with van der Waals surface area (Å²) in [4.78, 5) is 33.0. The number of phenolic OH excluding ortho intramolecular Hbond substituents is 1. The molecule has 10 heteroatoms. The monoisotopic (exact) mass is 630 g/mol. The normalized spacial score (nSPS) is 20.6. The van der Waals surface area contributed by atoms with Gasteiger partial charge in [0.1, 0.15) is 12.0 Å². The molecule has 3 aromatic rings. The highest BCUT2D eigenvalue weighted by atomic mass is 16.5. The average molecular weight is 631 g/mol. The number of likely N-dealkylation sites (N-methyl/N-ethyl adjacent to an activating group) is 1. The predicted octanol–water partition coefficient (Wildman–Crippen LogP) is 3.49. The van der Waals surface area contributed by atoms with Gasteiger partial charge in [0.05, 0.1) is 38.5 Å². The Kier molecular flexibility index (Phi) is 12.2. The van der Waals surface area contributed by atoms with Gasteiger partial charge in [-0.1, -0.05) is 48.5 Å². The number of benzene rings is 3. The number of ether oxygens (including phenoxy) is 2. The maximum absolute atomic E-state index is 12.5. The number of likely N-dealkylation sites (tertiary alicyclic amines) is 1. The largest absolute Gasteiger partial charge is 0.507 e. The summed E-state index contributed by atoms with van der Waals surface area (Å²) >= 11 is 0. The average Bonchev–Trinajstić information content (AvgIpc) is 3.09. The number of ketones is 1. The molecule has 6 rings (SSSR count). The third kappa shape index (κ3) is 9.14. The van der Waals surface area contributed by atoms with Gasteiger partial charge in [-0.25, -0.2) is 0 Å². The molecule has 0 aromatic heterocycles. The molecule has 10 nitrogen and oxygen atoms in total. The maximum atomic E-state index is 12.5. The number of piperidine rings is 1. The molecule has 3 saturated heterocycles. The highest BCUT2D eigenvalue weighted by Crippen LogP contribution is 2.26. The fourth-order valence-electron chi connectivity index (χ4n) is 6.24. The number of hydrogen-bond acceptors (Lipinski definition) is 9. The van der Waals surface area contributed by atoms with Crippen molar-refractivity contribution in [2.24, 2.45) is 0 Å². The summed E-state index contributed by atoms with van der Waals surface area (Å²) in [6.45, 7) is 7.90. The van der Waals surface area contributed by atoms with Crippen LogP contribution in [0.15, 0.2) is 78.9 Å². The first-order chi connectivity index (χ1) is 22.4. The molecule has 3 aromatic carbocycles. The van der Waals surface area contributed by atoms with Crippen LogP contribution in [0.2, 0.25) is 0 Å². The summed E-state index contributed by atoms with van der Waals surface area (Å²) in [5, 5.41) is 20.6. The van der Waals surface area contributed by atoms with Crippen LogP contribution in [0, 0.1) is 0 Å². The molecule has 46 heavy (non-hydrogen) atoms. The van der Waals surface area contributed by atoms with Crippen molar-refractivity contribution in [3.8, 4) is 5.75 Å². The molecule has 0 spiro atoms. The summed E-state index contributed by atoms with van der Waals surface area (Å²) < 4.78 is 10.7. The van der Waals surface area contributed by atoms with Crippen molar-refractivity contribution in [2.45, 2.75) is 31.7 Å². The zero-order chi connectivity index (χ0) is 32.3. The van der Waals surface area contributed by atoms with E-state index in [2.05, 4.69) is 9.80 Å². The molecule has 0 aliphatic carbocycles. The third-order valence-electron chi connectivity index (χ3n) is 8.76. The van der Waals surface area contributed by atoms with E-state index in [1.54, 1.807) is 29.2 Å². The number of aliphatic hydroxyl groups is 1. The Hall–Kier alpha value is -3.80. The Morgan fingerprint density at radius 3 is 2.11 bits per heavy atom. The summed E-state index contributed by atoms with van der Waals surface area (Å²) in [5.41, 5.74) is 3.10. The number of anilines is 1. The number of amides is 1. The minimum Gasteiger partial charge on any atom is -0.507 e. The van der Waals surface area contributed by atoms with E-state index in [4.69, 9.17) is 9.47 Å². The number of phenols is 1. The smallest absolute Gasteiger partial charge is 0.255 e. The first-order valence-corrected chi connectivity index (χ1v) is 16.2. The van der Waals surface area contributed by atoms with E-state index in [1.165, 1.54) is 0 Å². The fraction of sp³-hybridized carbons (Fsp3) is 0.444. The number of morpholine rings is 2. The molecule has 1 amide bonds. The molecule has 2 atom stereocenters. The number of rotatable bonds is 8. The van der Waals surface area contributed by atoms with Crippen LogP contribution in [0.1, 0.15) is 39.1 Å². The van der Waals surface area contributed by atoms with Crippen molar-refractivity contribution in [3.63, 3.8) is 0 Å². The molecule has 0 saturated carbocycles. The second kappa shape index (κ2) is 16.7. The predicted molar refractivity (Wildman–Crippen MR) is 177 cm³/mol. The van der Waals surface area contributed by atoms with E-state index >= 15 is 0 Å². The Morgan fingerprint density at radius 1 is 0.848 bits per heavy atom. The summed E-state index contributed by atoms with van der Waals surface area (Å²) in [6, 6.07) is 24.8. The van der Waals surface area contributed by atoms with Crippen LogP contribution >= 0.6 is 0 Å². The van der Waals surface area contributed by atoms with Gasteiger partial charge in [0.15, 0.2) is 5.78 Å². The Labute approximate surface area is 271 Å². The number of aromatic hydroxyl groups is 1. The zero-order valence-corrected chi connectivity index (χ0v) is 26.7. The standard InChI is InChI=1S/C20H24N2O3.C16H22N2O3/c1-21(14-16-5-3-2-4-6-16)15-20(24)18-8-7-17(13-19(18)23)22-9-11-25-12-10-22;19-15-12-14(17-8-10-21-11-9-17)6-7-18(15)16(20)13-4-2-1-3-5-13/h2-8,13,23H,9-12,14-15H2,1H3;1-5,14-15,19H,6-12H2. The van der Waals surface area contributed by atoms with Gasteiger partial charge in [0, 0.05) is 69.0 Å². The van der Waals surface area contributed by atoms with Crippen molar-refractivity contribution in [3.05, 3.63) is 95.6 Å². The molecule has 2 N–H and O–H groups in total. The van der Waals surface area contributed by atoms with E-state index < -0.39 is 6.23 Å². The van der Waals surface area contributed by atoms with Crippen LogP contribution in [0.25, 0.3) is 0 Å². The molecule has 0 bridgehead atoms. The lowest BCUT2D eigenvalue weighted by Crippen LogP contribution is -2.54. The molecule has 3 heterocycles. The van der Waals surface area contributed by atoms with Crippen molar-refractivity contribution in [2.75, 3.05) is 77.6 Å². The number of nitrogens with zero attached hydrogens (tertiary/aromatic N) is 4. The number of Topliss-reactive ketones (excluding diaryl/α,β-unsaturated/α-hetero) is 1. The topological polar surface area (TPSA) is 106 Å². The molecular weight excluding hydrogens is 584 g/mol. The quantitative estimate of drug-likeness (QED) is 0.362. The minimum absolute atomic E-state index is 0.0436. The summed E-state index contributed by atoms with van der Waals surface area (Å²) in [6.07, 6.45) is 0.841. The van der Waals surface area contributed by atoms with Gasteiger partial charge < -0.3 is 29.5 Å². The van der Waals surface area contributed by atoms with Gasteiger partial charge in [-0.15, -0.1) is 0 Å². The van der Waals surface area contributed by atoms with Crippen LogP contribution < -0.4 is 4.90 Å². The van der Waals surface area contributed by atoms with Crippen molar-refractivity contribution in [1.29, 1.82) is 0 Å². The highest BCUT2D eigenvalue weighted by molar-refractivity contribution is 6.00. The van der Waals surface area contributed by atoms with E-state index in [9.17, 15) is 19.8 Å². The molecule has 246 valence electrons. The first-order valence-electron chi connectivity index (χ1n) is 16.2. The Morgan fingerprint density at radius 2 is 1.48 bits per heavy atom. The maximum Gasteiger partial charge on any atom is 0.255 e. The second-order valence-electron chi connectivity index (χ2n) is 12.1. The van der Waals surface area contributed by atoms with Crippen LogP contribution in [-0.4, -0.2) is 122 Å². The van der Waals surface area contributed by atoms with Crippen LogP contribution in [0.3, 0.4) is 0 Å². The molecule has 2 unspecified atom stereocenters. The molecule has 3 fully saturated rings. The first kappa shape index (κ1) is 33.6. The second-order valence-corrected chi connectivity index (χ2v) is 12.1. The SMILES string of the molecule is CN(CC(=O)c1ccc(N2CCOCC2)cc1O)Cc1ccccc1.O=C(c1ccccc1)N1CCC(N2CCOCC2)CC1O.